The summed E-state index contributed by atoms with van der Waals surface area (Å²) in [5.41, 5.74) is 2.56. The maximum absolute atomic E-state index is 13.1. The Bertz CT molecular complexity index is 552. The summed E-state index contributed by atoms with van der Waals surface area (Å²) in [6.07, 6.45) is 0. The van der Waals surface area contributed by atoms with E-state index in [1.807, 2.05) is 30.3 Å². The zero-order chi connectivity index (χ0) is 13.0. The summed E-state index contributed by atoms with van der Waals surface area (Å²) >= 11 is 5.97. The van der Waals surface area contributed by atoms with Crippen molar-refractivity contribution in [1.29, 1.82) is 0 Å². The maximum atomic E-state index is 13.1. The number of benzene rings is 2. The number of halogens is 2. The normalized spacial score (nSPS) is 10.1. The molecule has 0 unspecified atom stereocenters. The van der Waals surface area contributed by atoms with Crippen LogP contribution in [0.15, 0.2) is 55.1 Å². The smallest absolute Gasteiger partial charge is 0.125 e. The highest BCUT2D eigenvalue weighted by Gasteiger charge is 2.03. The van der Waals surface area contributed by atoms with Crippen molar-refractivity contribution in [3.63, 3.8) is 0 Å². The van der Waals surface area contributed by atoms with Crippen molar-refractivity contribution in [2.24, 2.45) is 0 Å². The van der Waals surface area contributed by atoms with Crippen LogP contribution in [0.25, 0.3) is 5.57 Å². The molecule has 0 spiro atoms. The lowest BCUT2D eigenvalue weighted by atomic mass is 10.1. The quantitative estimate of drug-likeness (QED) is 0.848. The van der Waals surface area contributed by atoms with E-state index in [9.17, 15) is 4.39 Å². The first kappa shape index (κ1) is 12.7. The second kappa shape index (κ2) is 5.69. The Labute approximate surface area is 111 Å². The van der Waals surface area contributed by atoms with Gasteiger partial charge in [0.15, 0.2) is 0 Å². The average molecular weight is 262 g/mol. The largest absolute Gasteiger partial charge is 0.380 e. The van der Waals surface area contributed by atoms with Crippen LogP contribution in [0.5, 0.6) is 0 Å². The lowest BCUT2D eigenvalue weighted by Gasteiger charge is -2.10. The Hall–Kier alpha value is -1.80. The molecule has 3 heteroatoms. The highest BCUT2D eigenvalue weighted by atomic mass is 35.5. The molecule has 0 heterocycles. The molecule has 0 bridgehead atoms. The Balaban J connectivity index is 2.04. The molecule has 0 fully saturated rings. The van der Waals surface area contributed by atoms with Crippen LogP contribution in [-0.4, -0.2) is 6.54 Å². The van der Waals surface area contributed by atoms with Gasteiger partial charge in [-0.15, -0.1) is 0 Å². The minimum absolute atomic E-state index is 0.313. The molecule has 0 aliphatic rings. The first-order chi connectivity index (χ1) is 8.66. The average Bonchev–Trinajstić information content (AvgIpc) is 2.40. The molecular weight excluding hydrogens is 249 g/mol. The van der Waals surface area contributed by atoms with Crippen LogP contribution in [0.2, 0.25) is 5.02 Å². The molecule has 0 saturated carbocycles. The molecule has 92 valence electrons. The molecule has 0 aromatic heterocycles. The number of hydrogen-bond acceptors (Lipinski definition) is 1. The van der Waals surface area contributed by atoms with Gasteiger partial charge in [0.1, 0.15) is 5.82 Å². The van der Waals surface area contributed by atoms with Gasteiger partial charge in [-0.2, -0.15) is 0 Å². The van der Waals surface area contributed by atoms with E-state index >= 15 is 0 Å². The first-order valence-electron chi connectivity index (χ1n) is 5.59. The molecular formula is C15H13ClFN. The minimum Gasteiger partial charge on any atom is -0.380 e. The summed E-state index contributed by atoms with van der Waals surface area (Å²) in [6.45, 7) is 4.51. The zero-order valence-corrected chi connectivity index (χ0v) is 10.5. The zero-order valence-electron chi connectivity index (χ0n) is 9.79. The number of rotatable bonds is 4. The van der Waals surface area contributed by atoms with E-state index in [1.165, 1.54) is 18.2 Å². The molecule has 1 nitrogen and oxygen atoms in total. The first-order valence-corrected chi connectivity index (χ1v) is 5.97. The molecule has 1 N–H and O–H groups in total. The number of anilines is 1. The fourth-order valence-electron chi connectivity index (χ4n) is 1.61. The van der Waals surface area contributed by atoms with Gasteiger partial charge in [0, 0.05) is 6.54 Å². The van der Waals surface area contributed by atoms with E-state index in [2.05, 4.69) is 11.9 Å². The third-order valence-corrected chi connectivity index (χ3v) is 2.93. The van der Waals surface area contributed by atoms with Gasteiger partial charge in [0.2, 0.25) is 0 Å². The predicted molar refractivity (Wildman–Crippen MR) is 75.4 cm³/mol. The van der Waals surface area contributed by atoms with E-state index in [0.29, 0.717) is 17.3 Å². The molecule has 0 amide bonds. The summed E-state index contributed by atoms with van der Waals surface area (Å²) in [7, 11) is 0. The third kappa shape index (κ3) is 3.11. The molecule has 2 aromatic carbocycles. The van der Waals surface area contributed by atoms with Gasteiger partial charge < -0.3 is 5.32 Å². The predicted octanol–water partition coefficient (Wildman–Crippen LogP) is 4.60. The topological polar surface area (TPSA) is 12.0 Å². The minimum atomic E-state index is -0.313. The van der Waals surface area contributed by atoms with Gasteiger partial charge in [0.25, 0.3) is 0 Å². The number of nitrogens with one attached hydrogen (secondary N) is 1. The molecule has 0 saturated heterocycles. The van der Waals surface area contributed by atoms with Crippen LogP contribution >= 0.6 is 11.6 Å². The van der Waals surface area contributed by atoms with E-state index in [-0.39, 0.29) is 5.82 Å². The van der Waals surface area contributed by atoms with Crippen molar-refractivity contribution in [1.82, 2.24) is 0 Å². The second-order valence-corrected chi connectivity index (χ2v) is 4.35. The number of hydrogen-bond donors (Lipinski definition) is 1. The molecule has 0 aliphatic heterocycles. The van der Waals surface area contributed by atoms with Crippen LogP contribution in [0, 0.1) is 5.82 Å². The van der Waals surface area contributed by atoms with Crippen molar-refractivity contribution < 1.29 is 4.39 Å². The summed E-state index contributed by atoms with van der Waals surface area (Å²) in [6, 6.07) is 14.1. The van der Waals surface area contributed by atoms with Crippen LogP contribution < -0.4 is 5.32 Å². The summed E-state index contributed by atoms with van der Waals surface area (Å²) < 4.78 is 13.1. The van der Waals surface area contributed by atoms with Crippen molar-refractivity contribution >= 4 is 22.9 Å². The van der Waals surface area contributed by atoms with Gasteiger partial charge in [-0.25, -0.2) is 4.39 Å². The SMILES string of the molecule is C=C(CNc1cc(F)ccc1Cl)c1ccccc1. The molecule has 18 heavy (non-hydrogen) atoms. The maximum Gasteiger partial charge on any atom is 0.125 e. The van der Waals surface area contributed by atoms with E-state index in [0.717, 1.165) is 11.1 Å². The monoisotopic (exact) mass is 261 g/mol. The van der Waals surface area contributed by atoms with Crippen molar-refractivity contribution in [2.45, 2.75) is 0 Å². The highest BCUT2D eigenvalue weighted by molar-refractivity contribution is 6.33. The molecule has 0 atom stereocenters. The van der Waals surface area contributed by atoms with Gasteiger partial charge in [-0.05, 0) is 29.3 Å². The summed E-state index contributed by atoms with van der Waals surface area (Å²) in [5.74, 6) is -0.313. The Morgan fingerprint density at radius 1 is 1.17 bits per heavy atom. The van der Waals surface area contributed by atoms with E-state index < -0.39 is 0 Å². The molecule has 0 aliphatic carbocycles. The van der Waals surface area contributed by atoms with E-state index in [4.69, 9.17) is 11.6 Å². The lowest BCUT2D eigenvalue weighted by molar-refractivity contribution is 0.628. The molecule has 2 aromatic rings. The fraction of sp³-hybridized carbons (Fsp3) is 0.0667. The fourth-order valence-corrected chi connectivity index (χ4v) is 1.80. The van der Waals surface area contributed by atoms with Gasteiger partial charge >= 0.3 is 0 Å². The van der Waals surface area contributed by atoms with Crippen LogP contribution in [0.3, 0.4) is 0 Å². The van der Waals surface area contributed by atoms with Crippen LogP contribution in [-0.2, 0) is 0 Å². The molecule has 2 rings (SSSR count). The lowest BCUT2D eigenvalue weighted by Crippen LogP contribution is -2.04. The standard InChI is InChI=1S/C15H13ClFN/c1-11(12-5-3-2-4-6-12)10-18-15-9-13(17)7-8-14(15)16/h2-9,18H,1,10H2. The Kier molecular flexibility index (Phi) is 4.00. The van der Waals surface area contributed by atoms with Gasteiger partial charge in [-0.1, -0.05) is 48.5 Å². The van der Waals surface area contributed by atoms with Crippen molar-refractivity contribution in [2.75, 3.05) is 11.9 Å². The Morgan fingerprint density at radius 2 is 1.89 bits per heavy atom. The van der Waals surface area contributed by atoms with E-state index in [1.54, 1.807) is 0 Å². The van der Waals surface area contributed by atoms with Crippen molar-refractivity contribution in [3.05, 3.63) is 71.5 Å². The summed E-state index contributed by atoms with van der Waals surface area (Å²) in [5, 5.41) is 3.58. The second-order valence-electron chi connectivity index (χ2n) is 3.95. The Morgan fingerprint density at radius 3 is 2.61 bits per heavy atom. The molecule has 0 radical (unpaired) electrons. The third-order valence-electron chi connectivity index (χ3n) is 2.60. The van der Waals surface area contributed by atoms with Gasteiger partial charge in [0.05, 0.1) is 10.7 Å². The summed E-state index contributed by atoms with van der Waals surface area (Å²) in [4.78, 5) is 0. The highest BCUT2D eigenvalue weighted by Crippen LogP contribution is 2.23. The van der Waals surface area contributed by atoms with Crippen molar-refractivity contribution in [3.8, 4) is 0 Å². The van der Waals surface area contributed by atoms with Gasteiger partial charge in [-0.3, -0.25) is 0 Å². The van der Waals surface area contributed by atoms with Crippen LogP contribution in [0.4, 0.5) is 10.1 Å². The van der Waals surface area contributed by atoms with Crippen LogP contribution in [0.1, 0.15) is 5.56 Å².